The van der Waals surface area contributed by atoms with Crippen molar-refractivity contribution in [3.05, 3.63) is 77.5 Å². The van der Waals surface area contributed by atoms with Gasteiger partial charge in [-0.15, -0.1) is 0 Å². The van der Waals surface area contributed by atoms with E-state index in [2.05, 4.69) is 5.10 Å². The number of benzene rings is 2. The summed E-state index contributed by atoms with van der Waals surface area (Å²) >= 11 is 0. The predicted molar refractivity (Wildman–Crippen MR) is 77.6 cm³/mol. The van der Waals surface area contributed by atoms with Gasteiger partial charge >= 0.3 is 0 Å². The van der Waals surface area contributed by atoms with E-state index in [9.17, 15) is 9.90 Å². The number of para-hydroxylation sites is 1. The maximum atomic E-state index is 12.5. The van der Waals surface area contributed by atoms with Gasteiger partial charge in [0, 0.05) is 11.4 Å². The number of carbonyl (C=O) groups is 1. The second-order valence-electron chi connectivity index (χ2n) is 4.71. The van der Waals surface area contributed by atoms with E-state index in [4.69, 9.17) is 0 Å². The van der Waals surface area contributed by atoms with E-state index < -0.39 is 0 Å². The Morgan fingerprint density at radius 1 is 1.00 bits per heavy atom. The van der Waals surface area contributed by atoms with Gasteiger partial charge in [0.05, 0.1) is 16.9 Å². The lowest BCUT2D eigenvalue weighted by Crippen LogP contribution is -2.09. The smallest absolute Gasteiger partial charge is 0.195 e. The van der Waals surface area contributed by atoms with E-state index in [0.29, 0.717) is 16.9 Å². The fourth-order valence-corrected chi connectivity index (χ4v) is 2.25. The molecule has 3 rings (SSSR count). The molecule has 0 atom stereocenters. The second-order valence-corrected chi connectivity index (χ2v) is 4.71. The van der Waals surface area contributed by atoms with Crippen molar-refractivity contribution >= 4 is 5.78 Å². The first-order valence-electron chi connectivity index (χ1n) is 6.60. The molecule has 0 amide bonds. The fourth-order valence-electron chi connectivity index (χ4n) is 2.25. The molecule has 0 N–H and O–H groups in total. The van der Waals surface area contributed by atoms with Crippen LogP contribution < -0.4 is 5.11 Å². The van der Waals surface area contributed by atoms with Crippen molar-refractivity contribution in [3.8, 4) is 11.6 Å². The molecule has 0 saturated carbocycles. The summed E-state index contributed by atoms with van der Waals surface area (Å²) in [5, 5.41) is 16.7. The Labute approximate surface area is 122 Å². The Morgan fingerprint density at radius 2 is 1.57 bits per heavy atom. The van der Waals surface area contributed by atoms with Gasteiger partial charge in [-0.1, -0.05) is 48.5 Å². The maximum absolute atomic E-state index is 12.5. The highest BCUT2D eigenvalue weighted by Crippen LogP contribution is 2.24. The van der Waals surface area contributed by atoms with E-state index in [1.165, 1.54) is 4.68 Å². The molecule has 3 aromatic rings. The molecule has 0 aliphatic heterocycles. The monoisotopic (exact) mass is 277 g/mol. The summed E-state index contributed by atoms with van der Waals surface area (Å²) in [6.07, 6.45) is 0. The molecule has 0 radical (unpaired) electrons. The zero-order valence-electron chi connectivity index (χ0n) is 11.5. The molecular formula is C17H13N2O2-. The van der Waals surface area contributed by atoms with Gasteiger partial charge in [0.2, 0.25) is 0 Å². The van der Waals surface area contributed by atoms with E-state index in [0.717, 1.165) is 0 Å². The summed E-state index contributed by atoms with van der Waals surface area (Å²) in [5.41, 5.74) is 1.71. The number of carbonyl (C=O) groups excluding carboxylic acids is 1. The van der Waals surface area contributed by atoms with Crippen LogP contribution in [-0.2, 0) is 0 Å². The third-order valence-electron chi connectivity index (χ3n) is 3.28. The van der Waals surface area contributed by atoms with Crippen LogP contribution in [0.3, 0.4) is 0 Å². The first-order valence-corrected chi connectivity index (χ1v) is 6.60. The standard InChI is InChI=1S/C17H14N2O2/c1-12-15(16(20)13-8-4-2-5-9-13)17(21)19(18-12)14-10-6-3-7-11-14/h2-11,21H,1H3/p-1. The van der Waals surface area contributed by atoms with Crippen molar-refractivity contribution in [1.82, 2.24) is 9.78 Å². The molecule has 0 unspecified atom stereocenters. The minimum atomic E-state index is -0.382. The summed E-state index contributed by atoms with van der Waals surface area (Å²) in [6.45, 7) is 1.68. The van der Waals surface area contributed by atoms with Crippen LogP contribution in [0.5, 0.6) is 5.88 Å². The molecule has 21 heavy (non-hydrogen) atoms. The van der Waals surface area contributed by atoms with Crippen LogP contribution in [0.2, 0.25) is 0 Å². The zero-order valence-corrected chi connectivity index (χ0v) is 11.5. The summed E-state index contributed by atoms with van der Waals surface area (Å²) in [5.74, 6) is -0.673. The highest BCUT2D eigenvalue weighted by molar-refractivity contribution is 6.11. The van der Waals surface area contributed by atoms with Gasteiger partial charge in [0.15, 0.2) is 5.78 Å². The van der Waals surface area contributed by atoms with E-state index in [1.807, 2.05) is 24.3 Å². The van der Waals surface area contributed by atoms with Crippen LogP contribution in [0.4, 0.5) is 0 Å². The van der Waals surface area contributed by atoms with Crippen molar-refractivity contribution in [2.75, 3.05) is 0 Å². The summed E-state index contributed by atoms with van der Waals surface area (Å²) < 4.78 is 1.27. The van der Waals surface area contributed by atoms with Crippen molar-refractivity contribution in [2.24, 2.45) is 0 Å². The average Bonchev–Trinajstić information content (AvgIpc) is 2.83. The lowest BCUT2D eigenvalue weighted by Gasteiger charge is -2.12. The zero-order chi connectivity index (χ0) is 14.8. The second kappa shape index (κ2) is 5.25. The van der Waals surface area contributed by atoms with Crippen LogP contribution in [-0.4, -0.2) is 15.6 Å². The molecule has 0 aliphatic rings. The lowest BCUT2D eigenvalue weighted by molar-refractivity contribution is -0.278. The van der Waals surface area contributed by atoms with Gasteiger partial charge in [-0.05, 0) is 19.1 Å². The van der Waals surface area contributed by atoms with Crippen LogP contribution in [0.1, 0.15) is 21.6 Å². The van der Waals surface area contributed by atoms with Crippen molar-refractivity contribution in [3.63, 3.8) is 0 Å². The Bertz CT molecular complexity index is 777. The normalized spacial score (nSPS) is 10.5. The number of hydrogen-bond acceptors (Lipinski definition) is 3. The van der Waals surface area contributed by atoms with Crippen LogP contribution in [0, 0.1) is 6.92 Å². The van der Waals surface area contributed by atoms with Crippen LogP contribution in [0.15, 0.2) is 60.7 Å². The number of ketones is 1. The quantitative estimate of drug-likeness (QED) is 0.691. The van der Waals surface area contributed by atoms with Crippen LogP contribution in [0.25, 0.3) is 5.69 Å². The minimum Gasteiger partial charge on any atom is -0.858 e. The third kappa shape index (κ3) is 2.31. The third-order valence-corrected chi connectivity index (χ3v) is 3.28. The van der Waals surface area contributed by atoms with E-state index >= 15 is 0 Å². The molecule has 104 valence electrons. The van der Waals surface area contributed by atoms with Crippen LogP contribution >= 0.6 is 0 Å². The molecule has 4 nitrogen and oxygen atoms in total. The maximum Gasteiger partial charge on any atom is 0.195 e. The molecule has 0 fully saturated rings. The van der Waals surface area contributed by atoms with Crippen molar-refractivity contribution in [1.29, 1.82) is 0 Å². The lowest BCUT2D eigenvalue weighted by atomic mass is 10.0. The molecule has 0 spiro atoms. The topological polar surface area (TPSA) is 57.9 Å². The molecule has 0 bridgehead atoms. The average molecular weight is 277 g/mol. The van der Waals surface area contributed by atoms with E-state index in [-0.39, 0.29) is 17.2 Å². The molecule has 4 heteroatoms. The highest BCUT2D eigenvalue weighted by atomic mass is 16.3. The van der Waals surface area contributed by atoms with Gasteiger partial charge in [0.1, 0.15) is 0 Å². The summed E-state index contributed by atoms with van der Waals surface area (Å²) in [4.78, 5) is 12.5. The number of nitrogens with zero attached hydrogens (tertiary/aromatic N) is 2. The number of rotatable bonds is 3. The SMILES string of the molecule is Cc1nn(-c2ccccc2)c([O-])c1C(=O)c1ccccc1. The van der Waals surface area contributed by atoms with Gasteiger partial charge in [-0.2, -0.15) is 5.10 Å². The van der Waals surface area contributed by atoms with Gasteiger partial charge < -0.3 is 5.11 Å². The molecular weight excluding hydrogens is 264 g/mol. The Balaban J connectivity index is 2.09. The number of hydrogen-bond donors (Lipinski definition) is 0. The molecule has 2 aromatic carbocycles. The highest BCUT2D eigenvalue weighted by Gasteiger charge is 2.17. The Morgan fingerprint density at radius 3 is 2.19 bits per heavy atom. The Hall–Kier alpha value is -2.88. The van der Waals surface area contributed by atoms with E-state index in [1.54, 1.807) is 43.3 Å². The minimum absolute atomic E-state index is 0.130. The van der Waals surface area contributed by atoms with Crippen molar-refractivity contribution in [2.45, 2.75) is 6.92 Å². The first kappa shape index (κ1) is 13.1. The molecule has 1 heterocycles. The Kier molecular flexibility index (Phi) is 3.28. The predicted octanol–water partition coefficient (Wildman–Crippen LogP) is 2.49. The summed E-state index contributed by atoms with van der Waals surface area (Å²) in [6, 6.07) is 17.8. The molecule has 0 saturated heterocycles. The first-order chi connectivity index (χ1) is 10.2. The van der Waals surface area contributed by atoms with Crippen molar-refractivity contribution < 1.29 is 9.90 Å². The largest absolute Gasteiger partial charge is 0.858 e. The molecule has 0 aliphatic carbocycles. The van der Waals surface area contributed by atoms with Gasteiger partial charge in [-0.25, -0.2) is 4.68 Å². The fraction of sp³-hybridized carbons (Fsp3) is 0.0588. The number of aromatic nitrogens is 2. The molecule has 1 aromatic heterocycles. The number of aryl methyl sites for hydroxylation is 1. The summed E-state index contributed by atoms with van der Waals surface area (Å²) in [7, 11) is 0. The van der Waals surface area contributed by atoms with Gasteiger partial charge in [-0.3, -0.25) is 4.79 Å². The van der Waals surface area contributed by atoms with Gasteiger partial charge in [0.25, 0.3) is 0 Å².